The van der Waals surface area contributed by atoms with E-state index >= 15 is 0 Å². The number of carboxylic acids is 2. The molecule has 0 bridgehead atoms. The molecule has 0 aromatic heterocycles. The largest absolute Gasteiger partial charge is 0.481 e. The van der Waals surface area contributed by atoms with E-state index in [0.29, 0.717) is 25.7 Å². The molecule has 4 heteroatoms. The summed E-state index contributed by atoms with van der Waals surface area (Å²) in [5.74, 6) is -1.69. The number of hydrogen-bond acceptors (Lipinski definition) is 2. The van der Waals surface area contributed by atoms with Gasteiger partial charge in [0.05, 0.1) is 5.41 Å². The summed E-state index contributed by atoms with van der Waals surface area (Å²) in [7, 11) is 0. The van der Waals surface area contributed by atoms with Gasteiger partial charge in [-0.2, -0.15) is 0 Å². The fourth-order valence-electron chi connectivity index (χ4n) is 2.67. The van der Waals surface area contributed by atoms with Gasteiger partial charge in [-0.1, -0.05) is 50.1 Å². The SMILES string of the molecule is CCCCC(CCCC(=O)O)(Cc1ccccc1)C(=O)O. The zero-order valence-corrected chi connectivity index (χ0v) is 12.5. The van der Waals surface area contributed by atoms with Crippen molar-refractivity contribution in [3.63, 3.8) is 0 Å². The maximum Gasteiger partial charge on any atom is 0.309 e. The summed E-state index contributed by atoms with van der Waals surface area (Å²) in [5, 5.41) is 18.5. The van der Waals surface area contributed by atoms with Crippen molar-refractivity contribution >= 4 is 11.9 Å². The molecular weight excluding hydrogens is 268 g/mol. The van der Waals surface area contributed by atoms with Crippen molar-refractivity contribution in [1.29, 1.82) is 0 Å². The maximum atomic E-state index is 11.9. The first kappa shape index (κ1) is 17.2. The second kappa shape index (κ2) is 8.45. The molecule has 1 rings (SSSR count). The van der Waals surface area contributed by atoms with Gasteiger partial charge in [0.2, 0.25) is 0 Å². The molecule has 21 heavy (non-hydrogen) atoms. The van der Waals surface area contributed by atoms with Crippen LogP contribution in [-0.4, -0.2) is 22.2 Å². The van der Waals surface area contributed by atoms with Crippen LogP contribution in [0.4, 0.5) is 0 Å². The van der Waals surface area contributed by atoms with Gasteiger partial charge in [-0.25, -0.2) is 0 Å². The van der Waals surface area contributed by atoms with Gasteiger partial charge in [0.1, 0.15) is 0 Å². The highest BCUT2D eigenvalue weighted by molar-refractivity contribution is 5.75. The summed E-state index contributed by atoms with van der Waals surface area (Å²) in [6.45, 7) is 2.03. The second-order valence-corrected chi connectivity index (χ2v) is 5.60. The maximum absolute atomic E-state index is 11.9. The van der Waals surface area contributed by atoms with E-state index in [1.807, 2.05) is 37.3 Å². The Morgan fingerprint density at radius 1 is 1.05 bits per heavy atom. The van der Waals surface area contributed by atoms with Crippen molar-refractivity contribution in [1.82, 2.24) is 0 Å². The third-order valence-electron chi connectivity index (χ3n) is 3.89. The van der Waals surface area contributed by atoms with Crippen LogP contribution in [0.15, 0.2) is 30.3 Å². The molecule has 0 aliphatic carbocycles. The summed E-state index contributed by atoms with van der Waals surface area (Å²) in [5.41, 5.74) is 0.138. The highest BCUT2D eigenvalue weighted by atomic mass is 16.4. The lowest BCUT2D eigenvalue weighted by molar-refractivity contribution is -0.150. The molecule has 0 saturated heterocycles. The lowest BCUT2D eigenvalue weighted by Crippen LogP contribution is -2.33. The quantitative estimate of drug-likeness (QED) is 0.688. The van der Waals surface area contributed by atoms with E-state index in [2.05, 4.69) is 0 Å². The summed E-state index contributed by atoms with van der Waals surface area (Å²) in [6, 6.07) is 9.57. The van der Waals surface area contributed by atoms with E-state index in [0.717, 1.165) is 18.4 Å². The summed E-state index contributed by atoms with van der Waals surface area (Å²) in [6.07, 6.45) is 3.66. The third-order valence-corrected chi connectivity index (χ3v) is 3.89. The Bertz CT molecular complexity index is 455. The predicted molar refractivity (Wildman–Crippen MR) is 81.2 cm³/mol. The molecule has 0 aliphatic rings. The van der Waals surface area contributed by atoms with Gasteiger partial charge in [0.15, 0.2) is 0 Å². The Kier molecular flexibility index (Phi) is 6.92. The van der Waals surface area contributed by atoms with E-state index in [9.17, 15) is 14.7 Å². The molecular formula is C17H24O4. The molecule has 0 fully saturated rings. The van der Waals surface area contributed by atoms with Crippen LogP contribution in [0.3, 0.4) is 0 Å². The topological polar surface area (TPSA) is 74.6 Å². The summed E-state index contributed by atoms with van der Waals surface area (Å²) < 4.78 is 0. The van der Waals surface area contributed by atoms with Crippen LogP contribution in [-0.2, 0) is 16.0 Å². The number of hydrogen-bond donors (Lipinski definition) is 2. The molecule has 0 heterocycles. The molecule has 0 saturated carbocycles. The van der Waals surface area contributed by atoms with Gasteiger partial charge in [0, 0.05) is 6.42 Å². The van der Waals surface area contributed by atoms with Crippen molar-refractivity contribution < 1.29 is 19.8 Å². The van der Waals surface area contributed by atoms with Crippen molar-refractivity contribution in [3.8, 4) is 0 Å². The third kappa shape index (κ3) is 5.58. The molecule has 0 amide bonds. The van der Waals surface area contributed by atoms with Gasteiger partial charge in [-0.3, -0.25) is 9.59 Å². The summed E-state index contributed by atoms with van der Waals surface area (Å²) in [4.78, 5) is 22.5. The Labute approximate surface area is 125 Å². The minimum Gasteiger partial charge on any atom is -0.481 e. The first-order valence-electron chi connectivity index (χ1n) is 7.49. The number of rotatable bonds is 10. The Morgan fingerprint density at radius 2 is 1.67 bits per heavy atom. The minimum atomic E-state index is -0.871. The Balaban J connectivity index is 2.88. The number of carbonyl (C=O) groups is 2. The van der Waals surface area contributed by atoms with E-state index in [-0.39, 0.29) is 6.42 Å². The van der Waals surface area contributed by atoms with Crippen LogP contribution in [0.25, 0.3) is 0 Å². The number of unbranched alkanes of at least 4 members (excludes halogenated alkanes) is 1. The Hall–Kier alpha value is -1.84. The zero-order chi connectivity index (χ0) is 15.7. The monoisotopic (exact) mass is 292 g/mol. The molecule has 1 unspecified atom stereocenters. The van der Waals surface area contributed by atoms with E-state index in [1.54, 1.807) is 0 Å². The van der Waals surface area contributed by atoms with Gasteiger partial charge in [-0.05, 0) is 31.2 Å². The average molecular weight is 292 g/mol. The van der Waals surface area contributed by atoms with Gasteiger partial charge < -0.3 is 10.2 Å². The van der Waals surface area contributed by atoms with Crippen molar-refractivity contribution in [2.45, 2.75) is 51.9 Å². The van der Waals surface area contributed by atoms with E-state index in [1.165, 1.54) is 0 Å². The minimum absolute atomic E-state index is 0.0238. The van der Waals surface area contributed by atoms with Crippen molar-refractivity contribution in [2.24, 2.45) is 5.41 Å². The first-order chi connectivity index (χ1) is 10.00. The van der Waals surface area contributed by atoms with Crippen LogP contribution in [0.1, 0.15) is 51.0 Å². The lowest BCUT2D eigenvalue weighted by atomic mass is 9.73. The normalized spacial score (nSPS) is 13.6. The molecule has 116 valence electrons. The number of benzene rings is 1. The molecule has 0 spiro atoms. The summed E-state index contributed by atoms with van der Waals surface area (Å²) >= 11 is 0. The molecule has 4 nitrogen and oxygen atoms in total. The first-order valence-corrected chi connectivity index (χ1v) is 7.49. The van der Waals surface area contributed by atoms with Gasteiger partial charge >= 0.3 is 11.9 Å². The molecule has 0 radical (unpaired) electrons. The van der Waals surface area contributed by atoms with E-state index < -0.39 is 17.4 Å². The molecule has 1 atom stereocenters. The molecule has 1 aromatic carbocycles. The highest BCUT2D eigenvalue weighted by Crippen LogP contribution is 2.35. The van der Waals surface area contributed by atoms with Crippen LogP contribution in [0, 0.1) is 5.41 Å². The van der Waals surface area contributed by atoms with Crippen LogP contribution in [0.2, 0.25) is 0 Å². The smallest absolute Gasteiger partial charge is 0.309 e. The molecule has 1 aromatic rings. The molecule has 0 aliphatic heterocycles. The van der Waals surface area contributed by atoms with Crippen LogP contribution < -0.4 is 0 Å². The zero-order valence-electron chi connectivity index (χ0n) is 12.5. The Morgan fingerprint density at radius 3 is 2.19 bits per heavy atom. The van der Waals surface area contributed by atoms with Crippen molar-refractivity contribution in [3.05, 3.63) is 35.9 Å². The fraction of sp³-hybridized carbons (Fsp3) is 0.529. The predicted octanol–water partition coefficient (Wildman–Crippen LogP) is 3.75. The lowest BCUT2D eigenvalue weighted by Gasteiger charge is -2.29. The van der Waals surface area contributed by atoms with Crippen LogP contribution in [0.5, 0.6) is 0 Å². The number of carboxylic acid groups (broad SMARTS) is 2. The fourth-order valence-corrected chi connectivity index (χ4v) is 2.67. The highest BCUT2D eigenvalue weighted by Gasteiger charge is 2.37. The average Bonchev–Trinajstić information content (AvgIpc) is 2.45. The van der Waals surface area contributed by atoms with Gasteiger partial charge in [0.25, 0.3) is 0 Å². The standard InChI is InChI=1S/C17H24O4/c1-2-3-11-17(16(20)21,12-7-10-15(18)19)13-14-8-5-4-6-9-14/h4-6,8-9H,2-3,7,10-13H2,1H3,(H,18,19)(H,20,21). The van der Waals surface area contributed by atoms with Crippen molar-refractivity contribution in [2.75, 3.05) is 0 Å². The van der Waals surface area contributed by atoms with E-state index in [4.69, 9.17) is 5.11 Å². The van der Waals surface area contributed by atoms with Crippen LogP contribution >= 0.6 is 0 Å². The number of aliphatic carboxylic acids is 2. The molecule has 2 N–H and O–H groups in total. The second-order valence-electron chi connectivity index (χ2n) is 5.60. The van der Waals surface area contributed by atoms with Gasteiger partial charge in [-0.15, -0.1) is 0 Å².